The van der Waals surface area contributed by atoms with Crippen LogP contribution in [0.3, 0.4) is 0 Å². The number of hydrogen-bond acceptors (Lipinski definition) is 4. The maximum absolute atomic E-state index is 6.05. The van der Waals surface area contributed by atoms with Crippen LogP contribution in [0, 0.1) is 6.92 Å². The topological polar surface area (TPSA) is 69.6 Å². The van der Waals surface area contributed by atoms with Crippen LogP contribution in [0.25, 0.3) is 33.8 Å². The third-order valence-corrected chi connectivity index (χ3v) is 4.71. The Balaban J connectivity index is 1.87. The average molecular weight is 357 g/mol. The van der Waals surface area contributed by atoms with Gasteiger partial charge in [-0.25, -0.2) is 15.0 Å². The van der Waals surface area contributed by atoms with Crippen molar-refractivity contribution in [2.45, 2.75) is 33.2 Å². The number of nitrogens with zero attached hydrogens (tertiary/aromatic N) is 4. The summed E-state index contributed by atoms with van der Waals surface area (Å²) in [6, 6.07) is 18.4. The molecule has 4 aromatic rings. The van der Waals surface area contributed by atoms with Crippen molar-refractivity contribution in [1.82, 2.24) is 19.5 Å². The minimum Gasteiger partial charge on any atom is -0.368 e. The normalized spacial score (nSPS) is 11.2. The van der Waals surface area contributed by atoms with E-state index in [0.29, 0.717) is 0 Å². The number of nitrogen functional groups attached to an aromatic ring is 1. The Hall–Kier alpha value is -3.21. The monoisotopic (exact) mass is 357 g/mol. The molecule has 0 radical (unpaired) electrons. The number of para-hydroxylation sites is 2. The van der Waals surface area contributed by atoms with Crippen molar-refractivity contribution in [3.63, 3.8) is 0 Å². The van der Waals surface area contributed by atoms with Crippen molar-refractivity contribution in [3.8, 4) is 22.8 Å². The van der Waals surface area contributed by atoms with Crippen molar-refractivity contribution in [2.75, 3.05) is 5.73 Å². The molecule has 0 spiro atoms. The van der Waals surface area contributed by atoms with Crippen molar-refractivity contribution < 1.29 is 0 Å². The molecule has 2 heterocycles. The van der Waals surface area contributed by atoms with E-state index in [0.717, 1.165) is 53.2 Å². The molecule has 0 aliphatic carbocycles. The molecule has 0 atom stereocenters. The molecule has 4 rings (SSSR count). The first-order valence-electron chi connectivity index (χ1n) is 9.33. The number of nitrogens with two attached hydrogens (primary N) is 1. The fourth-order valence-corrected chi connectivity index (χ4v) is 3.27. The van der Waals surface area contributed by atoms with Gasteiger partial charge in [0.05, 0.1) is 16.7 Å². The minimum absolute atomic E-state index is 0.261. The SMILES string of the molecule is CCCCn1c(-c2cc(-c3ccc(C)cc3)nc(N)n2)nc2ccccc21. The van der Waals surface area contributed by atoms with Gasteiger partial charge in [0.15, 0.2) is 5.82 Å². The fraction of sp³-hybridized carbons (Fsp3) is 0.227. The third-order valence-electron chi connectivity index (χ3n) is 4.71. The minimum atomic E-state index is 0.261. The number of anilines is 1. The van der Waals surface area contributed by atoms with Crippen LogP contribution < -0.4 is 5.73 Å². The molecule has 0 aliphatic rings. The van der Waals surface area contributed by atoms with Crippen LogP contribution in [0.15, 0.2) is 54.6 Å². The fourth-order valence-electron chi connectivity index (χ4n) is 3.27. The molecule has 27 heavy (non-hydrogen) atoms. The van der Waals surface area contributed by atoms with E-state index in [1.165, 1.54) is 5.56 Å². The maximum Gasteiger partial charge on any atom is 0.221 e. The van der Waals surface area contributed by atoms with Crippen LogP contribution in [0.1, 0.15) is 25.3 Å². The second kappa shape index (κ2) is 7.19. The Morgan fingerprint density at radius 1 is 0.926 bits per heavy atom. The number of benzene rings is 2. The van der Waals surface area contributed by atoms with E-state index in [9.17, 15) is 0 Å². The summed E-state index contributed by atoms with van der Waals surface area (Å²) >= 11 is 0. The van der Waals surface area contributed by atoms with E-state index >= 15 is 0 Å². The summed E-state index contributed by atoms with van der Waals surface area (Å²) in [6.07, 6.45) is 2.20. The van der Waals surface area contributed by atoms with E-state index in [2.05, 4.69) is 58.7 Å². The Morgan fingerprint density at radius 3 is 2.44 bits per heavy atom. The highest BCUT2D eigenvalue weighted by Crippen LogP contribution is 2.28. The van der Waals surface area contributed by atoms with Gasteiger partial charge in [-0.15, -0.1) is 0 Å². The lowest BCUT2D eigenvalue weighted by Gasteiger charge is -2.10. The highest BCUT2D eigenvalue weighted by molar-refractivity contribution is 5.80. The zero-order valence-corrected chi connectivity index (χ0v) is 15.7. The largest absolute Gasteiger partial charge is 0.368 e. The summed E-state index contributed by atoms with van der Waals surface area (Å²) in [6.45, 7) is 5.16. The molecule has 0 amide bonds. The number of rotatable bonds is 5. The van der Waals surface area contributed by atoms with Gasteiger partial charge in [0.25, 0.3) is 0 Å². The summed E-state index contributed by atoms with van der Waals surface area (Å²) in [5.74, 6) is 1.10. The maximum atomic E-state index is 6.05. The van der Waals surface area contributed by atoms with Crippen LogP contribution in [-0.2, 0) is 6.54 Å². The second-order valence-corrected chi connectivity index (χ2v) is 6.79. The van der Waals surface area contributed by atoms with Gasteiger partial charge in [-0.2, -0.15) is 0 Å². The van der Waals surface area contributed by atoms with Gasteiger partial charge >= 0.3 is 0 Å². The second-order valence-electron chi connectivity index (χ2n) is 6.79. The highest BCUT2D eigenvalue weighted by Gasteiger charge is 2.15. The molecule has 0 saturated heterocycles. The molecule has 0 aliphatic heterocycles. The van der Waals surface area contributed by atoms with E-state index in [1.807, 2.05) is 24.3 Å². The molecular formula is C22H23N5. The molecule has 2 aromatic carbocycles. The molecular weight excluding hydrogens is 334 g/mol. The summed E-state index contributed by atoms with van der Waals surface area (Å²) in [5, 5.41) is 0. The molecule has 5 nitrogen and oxygen atoms in total. The van der Waals surface area contributed by atoms with Crippen LogP contribution in [0.4, 0.5) is 5.95 Å². The molecule has 2 aromatic heterocycles. The van der Waals surface area contributed by atoms with Gasteiger partial charge in [-0.3, -0.25) is 0 Å². The lowest BCUT2D eigenvalue weighted by molar-refractivity contribution is 0.650. The first-order chi connectivity index (χ1) is 13.2. The third kappa shape index (κ3) is 3.40. The molecule has 2 N–H and O–H groups in total. The molecule has 5 heteroatoms. The van der Waals surface area contributed by atoms with Crippen LogP contribution in [0.2, 0.25) is 0 Å². The zero-order valence-electron chi connectivity index (χ0n) is 15.7. The Labute approximate surface area is 158 Å². The predicted molar refractivity (Wildman–Crippen MR) is 110 cm³/mol. The van der Waals surface area contributed by atoms with Gasteiger partial charge in [0.1, 0.15) is 5.69 Å². The van der Waals surface area contributed by atoms with Gasteiger partial charge in [0, 0.05) is 12.1 Å². The average Bonchev–Trinajstić information content (AvgIpc) is 3.05. The Kier molecular flexibility index (Phi) is 4.59. The Morgan fingerprint density at radius 2 is 1.67 bits per heavy atom. The number of aryl methyl sites for hydroxylation is 2. The number of imidazole rings is 1. The van der Waals surface area contributed by atoms with Gasteiger partial charge in [-0.1, -0.05) is 55.3 Å². The van der Waals surface area contributed by atoms with Crippen LogP contribution in [-0.4, -0.2) is 19.5 Å². The first kappa shape index (κ1) is 17.2. The van der Waals surface area contributed by atoms with Gasteiger partial charge in [-0.05, 0) is 31.5 Å². The summed E-state index contributed by atoms with van der Waals surface area (Å²) < 4.78 is 2.24. The van der Waals surface area contributed by atoms with Crippen molar-refractivity contribution in [1.29, 1.82) is 0 Å². The number of fused-ring (bicyclic) bond motifs is 1. The molecule has 0 bridgehead atoms. The summed E-state index contributed by atoms with van der Waals surface area (Å²) in [5.41, 5.74) is 11.9. The standard InChI is InChI=1S/C22H23N5/c1-3-4-13-27-20-8-6-5-7-17(20)24-21(27)19-14-18(25-22(23)26-19)16-11-9-15(2)10-12-16/h5-12,14H,3-4,13H2,1-2H3,(H2,23,25,26). The summed E-state index contributed by atoms with van der Waals surface area (Å²) in [7, 11) is 0. The quantitative estimate of drug-likeness (QED) is 0.554. The lowest BCUT2D eigenvalue weighted by atomic mass is 10.1. The molecule has 0 unspecified atom stereocenters. The van der Waals surface area contributed by atoms with E-state index in [-0.39, 0.29) is 5.95 Å². The van der Waals surface area contributed by atoms with E-state index in [1.54, 1.807) is 0 Å². The first-order valence-corrected chi connectivity index (χ1v) is 9.33. The Bertz CT molecular complexity index is 1080. The van der Waals surface area contributed by atoms with Crippen LogP contribution >= 0.6 is 0 Å². The number of hydrogen-bond donors (Lipinski definition) is 1. The molecule has 0 fully saturated rings. The zero-order chi connectivity index (χ0) is 18.8. The van der Waals surface area contributed by atoms with Gasteiger partial charge < -0.3 is 10.3 Å². The molecule has 136 valence electrons. The van der Waals surface area contributed by atoms with Crippen molar-refractivity contribution in [2.24, 2.45) is 0 Å². The molecule has 0 saturated carbocycles. The number of aromatic nitrogens is 4. The number of unbranched alkanes of at least 4 members (excludes halogenated alkanes) is 1. The lowest BCUT2D eigenvalue weighted by Crippen LogP contribution is -2.04. The van der Waals surface area contributed by atoms with Crippen molar-refractivity contribution in [3.05, 3.63) is 60.2 Å². The smallest absolute Gasteiger partial charge is 0.221 e. The van der Waals surface area contributed by atoms with Gasteiger partial charge in [0.2, 0.25) is 5.95 Å². The van der Waals surface area contributed by atoms with E-state index < -0.39 is 0 Å². The summed E-state index contributed by atoms with van der Waals surface area (Å²) in [4.78, 5) is 13.8. The van der Waals surface area contributed by atoms with Crippen LogP contribution in [0.5, 0.6) is 0 Å². The highest BCUT2D eigenvalue weighted by atomic mass is 15.1. The van der Waals surface area contributed by atoms with Crippen molar-refractivity contribution >= 4 is 17.0 Å². The predicted octanol–water partition coefficient (Wildman–Crippen LogP) is 4.85. The van der Waals surface area contributed by atoms with E-state index in [4.69, 9.17) is 10.7 Å².